The van der Waals surface area contributed by atoms with Gasteiger partial charge < -0.3 is 9.64 Å². The van der Waals surface area contributed by atoms with Gasteiger partial charge in [0, 0.05) is 19.7 Å². The fraction of sp³-hybridized carbons (Fsp3) is 1.00. The van der Waals surface area contributed by atoms with Crippen LogP contribution in [0.5, 0.6) is 0 Å². The van der Waals surface area contributed by atoms with Crippen LogP contribution in [-0.4, -0.2) is 43.0 Å². The van der Waals surface area contributed by atoms with Crippen molar-refractivity contribution in [2.75, 3.05) is 32.0 Å². The molecule has 0 saturated carbocycles. The number of hydrogen-bond acceptors (Lipinski definition) is 3. The molecule has 1 aliphatic rings. The van der Waals surface area contributed by atoms with Gasteiger partial charge in [-0.2, -0.15) is 12.6 Å². The summed E-state index contributed by atoms with van der Waals surface area (Å²) in [6.07, 6.45) is 4.15. The molecular formula is C10H21NOS. The molecule has 0 aromatic rings. The van der Waals surface area contributed by atoms with Crippen LogP contribution in [-0.2, 0) is 4.74 Å². The van der Waals surface area contributed by atoms with Crippen LogP contribution in [0.2, 0.25) is 0 Å². The van der Waals surface area contributed by atoms with E-state index in [9.17, 15) is 0 Å². The summed E-state index contributed by atoms with van der Waals surface area (Å²) in [6.45, 7) is 6.56. The van der Waals surface area contributed by atoms with Gasteiger partial charge in [0.15, 0.2) is 0 Å². The predicted octanol–water partition coefficient (Wildman–Crippen LogP) is 1.81. The predicted molar refractivity (Wildman–Crippen MR) is 59.6 cm³/mol. The van der Waals surface area contributed by atoms with Gasteiger partial charge in [-0.05, 0) is 38.5 Å². The van der Waals surface area contributed by atoms with E-state index in [1.165, 1.54) is 38.9 Å². The SMILES string of the molecule is CCOC1CCN(CCCS)CC1. The van der Waals surface area contributed by atoms with Gasteiger partial charge in [-0.1, -0.05) is 0 Å². The van der Waals surface area contributed by atoms with E-state index >= 15 is 0 Å². The summed E-state index contributed by atoms with van der Waals surface area (Å²) in [5.41, 5.74) is 0. The second-order valence-electron chi connectivity index (χ2n) is 3.57. The normalized spacial score (nSPS) is 20.8. The third-order valence-corrected chi connectivity index (χ3v) is 2.89. The van der Waals surface area contributed by atoms with Crippen LogP contribution >= 0.6 is 12.6 Å². The topological polar surface area (TPSA) is 12.5 Å². The van der Waals surface area contributed by atoms with Crippen LogP contribution in [0.25, 0.3) is 0 Å². The van der Waals surface area contributed by atoms with Crippen LogP contribution in [0.3, 0.4) is 0 Å². The highest BCUT2D eigenvalue weighted by Crippen LogP contribution is 2.13. The molecule has 1 aliphatic heterocycles. The molecule has 0 amide bonds. The van der Waals surface area contributed by atoms with Crippen molar-refractivity contribution >= 4 is 12.6 Å². The molecule has 0 N–H and O–H groups in total. The van der Waals surface area contributed by atoms with Crippen molar-refractivity contribution in [3.63, 3.8) is 0 Å². The van der Waals surface area contributed by atoms with Crippen molar-refractivity contribution in [2.24, 2.45) is 0 Å². The van der Waals surface area contributed by atoms with Crippen LogP contribution in [0.4, 0.5) is 0 Å². The molecule has 1 fully saturated rings. The van der Waals surface area contributed by atoms with Crippen LogP contribution in [0, 0.1) is 0 Å². The monoisotopic (exact) mass is 203 g/mol. The van der Waals surface area contributed by atoms with E-state index in [1.807, 2.05) is 0 Å². The summed E-state index contributed by atoms with van der Waals surface area (Å²) in [5, 5.41) is 0. The van der Waals surface area contributed by atoms with Gasteiger partial charge in [0.1, 0.15) is 0 Å². The second kappa shape index (κ2) is 6.68. The Balaban J connectivity index is 2.08. The zero-order valence-electron chi connectivity index (χ0n) is 8.54. The highest BCUT2D eigenvalue weighted by molar-refractivity contribution is 7.80. The molecule has 1 rings (SSSR count). The lowest BCUT2D eigenvalue weighted by Crippen LogP contribution is -2.37. The molecule has 13 heavy (non-hydrogen) atoms. The van der Waals surface area contributed by atoms with Gasteiger partial charge in [-0.25, -0.2) is 0 Å². The fourth-order valence-electron chi connectivity index (χ4n) is 1.83. The summed E-state index contributed by atoms with van der Waals surface area (Å²) in [4.78, 5) is 2.52. The molecule has 3 heteroatoms. The molecule has 0 atom stereocenters. The van der Waals surface area contributed by atoms with Crippen molar-refractivity contribution in [1.29, 1.82) is 0 Å². The number of ether oxygens (including phenoxy) is 1. The largest absolute Gasteiger partial charge is 0.378 e. The number of likely N-dealkylation sites (tertiary alicyclic amines) is 1. The minimum Gasteiger partial charge on any atom is -0.378 e. The molecule has 1 saturated heterocycles. The van der Waals surface area contributed by atoms with Gasteiger partial charge in [0.25, 0.3) is 0 Å². The first-order valence-corrected chi connectivity index (χ1v) is 5.95. The molecule has 0 aromatic carbocycles. The second-order valence-corrected chi connectivity index (χ2v) is 4.02. The first-order chi connectivity index (χ1) is 6.36. The Kier molecular flexibility index (Phi) is 5.83. The Bertz CT molecular complexity index is 124. The van der Waals surface area contributed by atoms with E-state index in [1.54, 1.807) is 0 Å². The first-order valence-electron chi connectivity index (χ1n) is 5.31. The Morgan fingerprint density at radius 2 is 2.08 bits per heavy atom. The van der Waals surface area contributed by atoms with Gasteiger partial charge in [0.2, 0.25) is 0 Å². The van der Waals surface area contributed by atoms with E-state index in [0.717, 1.165) is 12.4 Å². The average Bonchev–Trinajstić information content (AvgIpc) is 2.17. The molecule has 0 unspecified atom stereocenters. The number of piperidine rings is 1. The summed E-state index contributed by atoms with van der Waals surface area (Å²) >= 11 is 4.22. The van der Waals surface area contributed by atoms with Gasteiger partial charge in [0.05, 0.1) is 6.10 Å². The minimum absolute atomic E-state index is 0.525. The van der Waals surface area contributed by atoms with Crippen LogP contribution in [0.15, 0.2) is 0 Å². The summed E-state index contributed by atoms with van der Waals surface area (Å²) < 4.78 is 5.59. The number of nitrogens with zero attached hydrogens (tertiary/aromatic N) is 1. The Hall–Kier alpha value is 0.270. The summed E-state index contributed by atoms with van der Waals surface area (Å²) in [5.74, 6) is 1.01. The summed E-state index contributed by atoms with van der Waals surface area (Å²) in [6, 6.07) is 0. The number of rotatable bonds is 5. The van der Waals surface area contributed by atoms with Crippen LogP contribution in [0.1, 0.15) is 26.2 Å². The minimum atomic E-state index is 0.525. The molecule has 0 aliphatic carbocycles. The zero-order valence-corrected chi connectivity index (χ0v) is 9.43. The van der Waals surface area contributed by atoms with Crippen LogP contribution < -0.4 is 0 Å². The molecular weight excluding hydrogens is 182 g/mol. The van der Waals surface area contributed by atoms with E-state index in [-0.39, 0.29) is 0 Å². The van der Waals surface area contributed by atoms with Gasteiger partial charge in [-0.3, -0.25) is 0 Å². The molecule has 0 bridgehead atoms. The standard InChI is InChI=1S/C10H21NOS/c1-2-12-10-4-7-11(8-5-10)6-3-9-13/h10,13H,2-9H2,1H3. The molecule has 0 spiro atoms. The van der Waals surface area contributed by atoms with E-state index < -0.39 is 0 Å². The highest BCUT2D eigenvalue weighted by atomic mass is 32.1. The average molecular weight is 203 g/mol. The van der Waals surface area contributed by atoms with E-state index in [2.05, 4.69) is 24.5 Å². The summed E-state index contributed by atoms with van der Waals surface area (Å²) in [7, 11) is 0. The van der Waals surface area contributed by atoms with Crippen molar-refractivity contribution in [2.45, 2.75) is 32.3 Å². The van der Waals surface area contributed by atoms with E-state index in [0.29, 0.717) is 6.10 Å². The Morgan fingerprint density at radius 1 is 1.38 bits per heavy atom. The Morgan fingerprint density at radius 3 is 2.62 bits per heavy atom. The lowest BCUT2D eigenvalue weighted by atomic mass is 10.1. The van der Waals surface area contributed by atoms with Gasteiger partial charge in [-0.15, -0.1) is 0 Å². The molecule has 1 heterocycles. The Labute approximate surface area is 87.0 Å². The molecule has 0 aromatic heterocycles. The third kappa shape index (κ3) is 4.34. The maximum atomic E-state index is 5.59. The first kappa shape index (κ1) is 11.3. The maximum absolute atomic E-state index is 5.59. The molecule has 78 valence electrons. The maximum Gasteiger partial charge on any atom is 0.0599 e. The zero-order chi connectivity index (χ0) is 9.52. The smallest absolute Gasteiger partial charge is 0.0599 e. The number of hydrogen-bond donors (Lipinski definition) is 1. The van der Waals surface area contributed by atoms with Gasteiger partial charge >= 0.3 is 0 Å². The molecule has 0 radical (unpaired) electrons. The lowest BCUT2D eigenvalue weighted by Gasteiger charge is -2.31. The van der Waals surface area contributed by atoms with Crippen molar-refractivity contribution in [3.05, 3.63) is 0 Å². The lowest BCUT2D eigenvalue weighted by molar-refractivity contribution is 0.0144. The molecule has 2 nitrogen and oxygen atoms in total. The van der Waals surface area contributed by atoms with Crippen molar-refractivity contribution < 1.29 is 4.74 Å². The number of thiol groups is 1. The quantitative estimate of drug-likeness (QED) is 0.684. The third-order valence-electron chi connectivity index (χ3n) is 2.57. The van der Waals surface area contributed by atoms with Crippen molar-refractivity contribution in [3.8, 4) is 0 Å². The van der Waals surface area contributed by atoms with E-state index in [4.69, 9.17) is 4.74 Å². The highest BCUT2D eigenvalue weighted by Gasteiger charge is 2.18. The van der Waals surface area contributed by atoms with Crippen molar-refractivity contribution in [1.82, 2.24) is 4.90 Å². The fourth-order valence-corrected chi connectivity index (χ4v) is 1.97.